The van der Waals surface area contributed by atoms with Crippen LogP contribution in [0.2, 0.25) is 0 Å². The zero-order valence-electron chi connectivity index (χ0n) is 24.5. The Bertz CT molecular complexity index is 670. The van der Waals surface area contributed by atoms with Gasteiger partial charge in [-0.2, -0.15) is 0 Å². The Morgan fingerprint density at radius 2 is 1.37 bits per heavy atom. The van der Waals surface area contributed by atoms with Gasteiger partial charge in [0.25, 0.3) is 0 Å². The van der Waals surface area contributed by atoms with Gasteiger partial charge in [-0.25, -0.2) is 0 Å². The van der Waals surface area contributed by atoms with Gasteiger partial charge in [-0.15, -0.1) is 0 Å². The molecule has 1 fully saturated rings. The quantitative estimate of drug-likeness (QED) is 0.0526. The van der Waals surface area contributed by atoms with E-state index in [4.69, 9.17) is 30.0 Å². The molecular weight excluding hydrogens is 484 g/mol. The molecule has 0 aliphatic carbocycles. The van der Waals surface area contributed by atoms with Crippen LogP contribution in [0.3, 0.4) is 0 Å². The fourth-order valence-electron chi connectivity index (χ4n) is 4.96. The molecule has 10 heteroatoms. The van der Waals surface area contributed by atoms with E-state index < -0.39 is 12.3 Å². The Morgan fingerprint density at radius 3 is 1.89 bits per heavy atom. The van der Waals surface area contributed by atoms with E-state index in [-0.39, 0.29) is 37.2 Å². The van der Waals surface area contributed by atoms with Gasteiger partial charge in [-0.3, -0.25) is 0 Å². The predicted molar refractivity (Wildman–Crippen MR) is 152 cm³/mol. The maximum atomic E-state index is 9.02. The monoisotopic (exact) mass is 538 g/mol. The van der Waals surface area contributed by atoms with Crippen molar-refractivity contribution in [1.29, 1.82) is 0 Å². The molecule has 0 saturated carbocycles. The Balaban J connectivity index is 2.15. The zero-order valence-corrected chi connectivity index (χ0v) is 24.5. The SMILES string of the molecule is CCCCCCCCCCCCCCCCOC[C@H](CO[C@@H]1OC(CN=[N+]=[N-])[C@@H](C)[C@H](C)C1N=[N+]=[N-])OC. The van der Waals surface area contributed by atoms with Gasteiger partial charge in [0.1, 0.15) is 6.10 Å². The molecule has 1 aliphatic rings. The third-order valence-corrected chi connectivity index (χ3v) is 7.78. The van der Waals surface area contributed by atoms with Crippen molar-refractivity contribution in [2.45, 2.75) is 135 Å². The molecule has 0 spiro atoms. The van der Waals surface area contributed by atoms with Crippen molar-refractivity contribution in [2.75, 3.05) is 33.5 Å². The minimum atomic E-state index is -0.723. The van der Waals surface area contributed by atoms with Crippen molar-refractivity contribution in [1.82, 2.24) is 0 Å². The van der Waals surface area contributed by atoms with E-state index in [0.29, 0.717) is 13.2 Å². The van der Waals surface area contributed by atoms with Gasteiger partial charge in [-0.1, -0.05) is 114 Å². The van der Waals surface area contributed by atoms with Crippen molar-refractivity contribution >= 4 is 0 Å². The number of nitrogens with zero attached hydrogens (tertiary/aromatic N) is 6. The van der Waals surface area contributed by atoms with Crippen LogP contribution in [0.4, 0.5) is 0 Å². The van der Waals surface area contributed by atoms with E-state index in [9.17, 15) is 0 Å². The highest BCUT2D eigenvalue weighted by atomic mass is 16.7. The van der Waals surface area contributed by atoms with Crippen LogP contribution in [0.15, 0.2) is 10.2 Å². The highest BCUT2D eigenvalue weighted by Crippen LogP contribution is 2.33. The fourth-order valence-corrected chi connectivity index (χ4v) is 4.96. The van der Waals surface area contributed by atoms with Crippen LogP contribution in [0.1, 0.15) is 111 Å². The van der Waals surface area contributed by atoms with E-state index in [1.165, 1.54) is 83.5 Å². The van der Waals surface area contributed by atoms with Crippen molar-refractivity contribution in [3.8, 4) is 0 Å². The molecule has 0 radical (unpaired) electrons. The number of hydrogen-bond donors (Lipinski definition) is 0. The maximum Gasteiger partial charge on any atom is 0.166 e. The summed E-state index contributed by atoms with van der Waals surface area (Å²) in [5, 5.41) is 7.57. The van der Waals surface area contributed by atoms with Crippen LogP contribution < -0.4 is 0 Å². The molecule has 38 heavy (non-hydrogen) atoms. The third-order valence-electron chi connectivity index (χ3n) is 7.78. The lowest BCUT2D eigenvalue weighted by molar-refractivity contribution is -0.237. The van der Waals surface area contributed by atoms with Crippen LogP contribution in [0.5, 0.6) is 0 Å². The van der Waals surface area contributed by atoms with Crippen molar-refractivity contribution in [3.05, 3.63) is 20.9 Å². The summed E-state index contributed by atoms with van der Waals surface area (Å²) in [5.74, 6) is 0.0728. The van der Waals surface area contributed by atoms with E-state index in [0.717, 1.165) is 6.42 Å². The summed E-state index contributed by atoms with van der Waals surface area (Å²) in [7, 11) is 1.63. The molecule has 1 heterocycles. The largest absolute Gasteiger partial charge is 0.379 e. The average molecular weight is 539 g/mol. The first-order valence-corrected chi connectivity index (χ1v) is 15.0. The first-order chi connectivity index (χ1) is 18.6. The number of azide groups is 2. The van der Waals surface area contributed by atoms with Crippen molar-refractivity contribution in [2.24, 2.45) is 22.1 Å². The first kappa shape index (κ1) is 34.5. The standard InChI is InChI=1S/C28H54N6O4/c1-5-6-7-8-9-10-11-12-13-14-15-16-17-18-19-36-21-25(35-4)22-37-28-27(32-34-30)24(3)23(2)26(38-28)20-31-33-29/h23-28H,5-22H2,1-4H3/t23-,24-,25+,26?,27?,28+/m0/s1. The summed E-state index contributed by atoms with van der Waals surface area (Å²) < 4.78 is 23.4. The molecule has 0 amide bonds. The first-order valence-electron chi connectivity index (χ1n) is 15.0. The van der Waals surface area contributed by atoms with Crippen molar-refractivity contribution in [3.63, 3.8) is 0 Å². The maximum absolute atomic E-state index is 9.02. The van der Waals surface area contributed by atoms with Gasteiger partial charge in [0, 0.05) is 23.5 Å². The lowest BCUT2D eigenvalue weighted by atomic mass is 9.82. The highest BCUT2D eigenvalue weighted by Gasteiger charge is 2.41. The van der Waals surface area contributed by atoms with Crippen LogP contribution >= 0.6 is 0 Å². The normalized spacial score (nSPS) is 23.9. The van der Waals surface area contributed by atoms with Gasteiger partial charge in [0.05, 0.1) is 31.9 Å². The molecule has 0 aromatic carbocycles. The molecule has 2 unspecified atom stereocenters. The van der Waals surface area contributed by atoms with E-state index in [1.807, 2.05) is 13.8 Å². The van der Waals surface area contributed by atoms with Gasteiger partial charge in [0.2, 0.25) is 0 Å². The summed E-state index contributed by atoms with van der Waals surface area (Å²) in [6, 6.07) is -0.466. The number of methoxy groups -OCH3 is 1. The lowest BCUT2D eigenvalue weighted by Gasteiger charge is -2.42. The van der Waals surface area contributed by atoms with Gasteiger partial charge in [-0.05, 0) is 29.3 Å². The van der Waals surface area contributed by atoms with E-state index in [1.54, 1.807) is 7.11 Å². The van der Waals surface area contributed by atoms with E-state index >= 15 is 0 Å². The highest BCUT2D eigenvalue weighted by molar-refractivity contribution is 4.90. The van der Waals surface area contributed by atoms with Crippen LogP contribution in [-0.2, 0) is 18.9 Å². The molecule has 0 bridgehead atoms. The summed E-state index contributed by atoms with van der Waals surface area (Å²) >= 11 is 0. The molecule has 0 N–H and O–H groups in total. The Labute approximate surface area is 230 Å². The summed E-state index contributed by atoms with van der Waals surface area (Å²) in [6.07, 6.45) is 17.4. The fraction of sp³-hybridized carbons (Fsp3) is 1.00. The minimum Gasteiger partial charge on any atom is -0.379 e. The summed E-state index contributed by atoms with van der Waals surface area (Å²) in [6.45, 7) is 7.88. The second kappa shape index (κ2) is 23.4. The van der Waals surface area contributed by atoms with Gasteiger partial charge < -0.3 is 18.9 Å². The Kier molecular flexibility index (Phi) is 21.2. The predicted octanol–water partition coefficient (Wildman–Crippen LogP) is 8.50. The topological polar surface area (TPSA) is 134 Å². The molecule has 1 aliphatic heterocycles. The summed E-state index contributed by atoms with van der Waals surface area (Å²) in [5.41, 5.74) is 17.7. The summed E-state index contributed by atoms with van der Waals surface area (Å²) in [4.78, 5) is 5.82. The molecule has 1 saturated heterocycles. The van der Waals surface area contributed by atoms with Gasteiger partial charge in [0.15, 0.2) is 6.29 Å². The molecule has 220 valence electrons. The van der Waals surface area contributed by atoms with Crippen LogP contribution in [0.25, 0.3) is 20.9 Å². The number of unbranched alkanes of at least 4 members (excludes halogenated alkanes) is 13. The average Bonchev–Trinajstić information content (AvgIpc) is 2.92. The zero-order chi connectivity index (χ0) is 27.8. The molecule has 1 rings (SSSR count). The molecular formula is C28H54N6O4. The molecule has 6 atom stereocenters. The Morgan fingerprint density at radius 1 is 0.789 bits per heavy atom. The smallest absolute Gasteiger partial charge is 0.166 e. The van der Waals surface area contributed by atoms with Crippen molar-refractivity contribution < 1.29 is 18.9 Å². The Hall–Kier alpha value is -1.54. The molecule has 0 aromatic heterocycles. The number of hydrogen-bond acceptors (Lipinski definition) is 6. The van der Waals surface area contributed by atoms with E-state index in [2.05, 4.69) is 27.0 Å². The second-order valence-corrected chi connectivity index (χ2v) is 10.7. The lowest BCUT2D eigenvalue weighted by Crippen LogP contribution is -2.51. The second-order valence-electron chi connectivity index (χ2n) is 10.7. The number of rotatable bonds is 24. The number of ether oxygens (including phenoxy) is 4. The van der Waals surface area contributed by atoms with Gasteiger partial charge >= 0.3 is 0 Å². The molecule has 0 aromatic rings. The minimum absolute atomic E-state index is 0.0149. The van der Waals surface area contributed by atoms with Crippen LogP contribution in [-0.4, -0.2) is 58.0 Å². The third kappa shape index (κ3) is 15.2. The molecule has 10 nitrogen and oxygen atoms in total. The van der Waals surface area contributed by atoms with Crippen LogP contribution in [0, 0.1) is 11.8 Å².